The van der Waals surface area contributed by atoms with Crippen molar-refractivity contribution in [1.82, 2.24) is 10.3 Å². The molecule has 1 aromatic rings. The largest absolute Gasteiger partial charge is 0.385 e. The first-order valence-electron chi connectivity index (χ1n) is 4.73. The minimum absolute atomic E-state index is 0.775. The van der Waals surface area contributed by atoms with Gasteiger partial charge >= 0.3 is 0 Å². The average molecular weight is 338 g/mol. The smallest absolute Gasteiger partial charge is 0.0684 e. The number of rotatable bonds is 6. The van der Waals surface area contributed by atoms with E-state index in [9.17, 15) is 0 Å². The average Bonchev–Trinajstić information content (AvgIpc) is 2.20. The fourth-order valence-corrected chi connectivity index (χ4v) is 2.25. The summed E-state index contributed by atoms with van der Waals surface area (Å²) in [7, 11) is 1.72. The topological polar surface area (TPSA) is 34.1 Å². The van der Waals surface area contributed by atoms with E-state index in [1.807, 2.05) is 6.07 Å². The van der Waals surface area contributed by atoms with E-state index < -0.39 is 0 Å². The third-order valence-electron chi connectivity index (χ3n) is 1.88. The predicted molar refractivity (Wildman–Crippen MR) is 67.8 cm³/mol. The molecule has 1 rings (SSSR count). The molecule has 5 heteroatoms. The Balaban J connectivity index is 2.31. The molecule has 1 aromatic heterocycles. The summed E-state index contributed by atoms with van der Waals surface area (Å²) in [4.78, 5) is 4.31. The van der Waals surface area contributed by atoms with E-state index >= 15 is 0 Å². The maximum atomic E-state index is 4.96. The Morgan fingerprint density at radius 1 is 1.47 bits per heavy atom. The highest BCUT2D eigenvalue weighted by Gasteiger charge is 2.01. The summed E-state index contributed by atoms with van der Waals surface area (Å²) >= 11 is 6.84. The Bertz CT molecular complexity index is 307. The van der Waals surface area contributed by atoms with Gasteiger partial charge in [-0.1, -0.05) is 0 Å². The van der Waals surface area contributed by atoms with Crippen LogP contribution in [0.25, 0.3) is 0 Å². The zero-order valence-corrected chi connectivity index (χ0v) is 11.8. The first-order valence-corrected chi connectivity index (χ1v) is 6.32. The standard InChI is InChI=1S/C10H14Br2N2O/c1-15-4-2-3-13-7-10-9(12)5-8(11)6-14-10/h5-6,13H,2-4,7H2,1H3. The Kier molecular flexibility index (Phi) is 6.40. The van der Waals surface area contributed by atoms with Gasteiger partial charge in [-0.15, -0.1) is 0 Å². The summed E-state index contributed by atoms with van der Waals surface area (Å²) in [6.45, 7) is 2.51. The van der Waals surface area contributed by atoms with Crippen molar-refractivity contribution >= 4 is 31.9 Å². The van der Waals surface area contributed by atoms with E-state index in [0.29, 0.717) is 0 Å². The van der Waals surface area contributed by atoms with Crippen LogP contribution in [-0.4, -0.2) is 25.2 Å². The fourth-order valence-electron chi connectivity index (χ4n) is 1.12. The molecule has 0 amide bonds. The number of pyridine rings is 1. The Morgan fingerprint density at radius 2 is 2.27 bits per heavy atom. The van der Waals surface area contributed by atoms with Gasteiger partial charge in [-0.25, -0.2) is 0 Å². The summed E-state index contributed by atoms with van der Waals surface area (Å²) in [5, 5.41) is 3.31. The second-order valence-electron chi connectivity index (χ2n) is 3.11. The molecule has 0 saturated heterocycles. The van der Waals surface area contributed by atoms with Gasteiger partial charge in [0.2, 0.25) is 0 Å². The van der Waals surface area contributed by atoms with Crippen molar-refractivity contribution in [3.05, 3.63) is 26.9 Å². The van der Waals surface area contributed by atoms with Crippen molar-refractivity contribution in [2.75, 3.05) is 20.3 Å². The van der Waals surface area contributed by atoms with E-state index in [2.05, 4.69) is 42.2 Å². The predicted octanol–water partition coefficient (Wildman–Crippen LogP) is 2.73. The zero-order valence-electron chi connectivity index (χ0n) is 8.59. The second-order valence-corrected chi connectivity index (χ2v) is 4.88. The molecule has 0 unspecified atom stereocenters. The lowest BCUT2D eigenvalue weighted by Gasteiger charge is -2.06. The number of halogens is 2. The van der Waals surface area contributed by atoms with Crippen LogP contribution in [0.15, 0.2) is 21.2 Å². The summed E-state index contributed by atoms with van der Waals surface area (Å²) in [6, 6.07) is 2.00. The molecule has 0 aliphatic heterocycles. The highest BCUT2D eigenvalue weighted by atomic mass is 79.9. The molecular weight excluding hydrogens is 324 g/mol. The Labute approximate surface area is 107 Å². The molecule has 0 aromatic carbocycles. The maximum Gasteiger partial charge on any atom is 0.0684 e. The van der Waals surface area contributed by atoms with Gasteiger partial charge < -0.3 is 10.1 Å². The molecule has 84 valence electrons. The lowest BCUT2D eigenvalue weighted by atomic mass is 10.3. The molecule has 15 heavy (non-hydrogen) atoms. The lowest BCUT2D eigenvalue weighted by molar-refractivity contribution is 0.194. The Morgan fingerprint density at radius 3 is 2.93 bits per heavy atom. The van der Waals surface area contributed by atoms with Gasteiger partial charge in [0.25, 0.3) is 0 Å². The molecule has 0 aliphatic carbocycles. The van der Waals surface area contributed by atoms with Crippen molar-refractivity contribution in [3.8, 4) is 0 Å². The molecule has 1 heterocycles. The van der Waals surface area contributed by atoms with Crippen LogP contribution in [0.4, 0.5) is 0 Å². The first kappa shape index (κ1) is 13.1. The molecule has 1 N–H and O–H groups in total. The van der Waals surface area contributed by atoms with Crippen LogP contribution in [0.5, 0.6) is 0 Å². The van der Waals surface area contributed by atoms with Crippen molar-refractivity contribution in [3.63, 3.8) is 0 Å². The third kappa shape index (κ3) is 5.06. The van der Waals surface area contributed by atoms with Crippen LogP contribution in [0.3, 0.4) is 0 Å². The summed E-state index contributed by atoms with van der Waals surface area (Å²) in [6.07, 6.45) is 2.82. The Hall–Kier alpha value is 0.0300. The fraction of sp³-hybridized carbons (Fsp3) is 0.500. The van der Waals surface area contributed by atoms with Crippen molar-refractivity contribution < 1.29 is 4.74 Å². The number of methoxy groups -OCH3 is 1. The van der Waals surface area contributed by atoms with Gasteiger partial charge in [0.15, 0.2) is 0 Å². The van der Waals surface area contributed by atoms with E-state index in [1.54, 1.807) is 13.3 Å². The normalized spacial score (nSPS) is 10.6. The molecule has 0 aliphatic rings. The molecule has 0 atom stereocenters. The number of ether oxygens (including phenoxy) is 1. The highest BCUT2D eigenvalue weighted by Crippen LogP contribution is 2.19. The first-order chi connectivity index (χ1) is 7.24. The van der Waals surface area contributed by atoms with Gasteiger partial charge in [0.05, 0.1) is 5.69 Å². The van der Waals surface area contributed by atoms with Gasteiger partial charge in [0.1, 0.15) is 0 Å². The highest BCUT2D eigenvalue weighted by molar-refractivity contribution is 9.11. The van der Waals surface area contributed by atoms with E-state index in [1.165, 1.54) is 0 Å². The molecule has 0 spiro atoms. The van der Waals surface area contributed by atoms with Gasteiger partial charge in [0, 0.05) is 35.4 Å². The molecule has 3 nitrogen and oxygen atoms in total. The van der Waals surface area contributed by atoms with Crippen LogP contribution in [-0.2, 0) is 11.3 Å². The molecule has 0 fully saturated rings. The van der Waals surface area contributed by atoms with Crippen LogP contribution in [0.2, 0.25) is 0 Å². The quantitative estimate of drug-likeness (QED) is 0.810. The van der Waals surface area contributed by atoms with E-state index in [0.717, 1.165) is 40.8 Å². The summed E-state index contributed by atoms with van der Waals surface area (Å²) in [5.74, 6) is 0. The van der Waals surface area contributed by atoms with Crippen LogP contribution < -0.4 is 5.32 Å². The zero-order chi connectivity index (χ0) is 11.1. The van der Waals surface area contributed by atoms with Crippen LogP contribution in [0, 0.1) is 0 Å². The van der Waals surface area contributed by atoms with Crippen molar-refractivity contribution in [2.45, 2.75) is 13.0 Å². The molecule has 0 bridgehead atoms. The molecular formula is C10H14Br2N2O. The SMILES string of the molecule is COCCCNCc1ncc(Br)cc1Br. The number of aromatic nitrogens is 1. The minimum Gasteiger partial charge on any atom is -0.385 e. The number of hydrogen-bond donors (Lipinski definition) is 1. The number of hydrogen-bond acceptors (Lipinski definition) is 3. The van der Waals surface area contributed by atoms with Gasteiger partial charge in [-0.2, -0.15) is 0 Å². The van der Waals surface area contributed by atoms with Crippen LogP contribution in [0.1, 0.15) is 12.1 Å². The molecule has 0 radical (unpaired) electrons. The van der Waals surface area contributed by atoms with E-state index in [-0.39, 0.29) is 0 Å². The summed E-state index contributed by atoms with van der Waals surface area (Å²) in [5.41, 5.74) is 1.02. The number of nitrogens with zero attached hydrogens (tertiary/aromatic N) is 1. The second kappa shape index (κ2) is 7.33. The maximum absolute atomic E-state index is 4.96. The number of nitrogens with one attached hydrogen (secondary N) is 1. The monoisotopic (exact) mass is 336 g/mol. The summed E-state index contributed by atoms with van der Waals surface area (Å²) < 4.78 is 6.97. The van der Waals surface area contributed by atoms with Crippen LogP contribution >= 0.6 is 31.9 Å². The molecule has 0 saturated carbocycles. The van der Waals surface area contributed by atoms with Gasteiger partial charge in [-0.3, -0.25) is 4.98 Å². The third-order valence-corrected chi connectivity index (χ3v) is 3.00. The van der Waals surface area contributed by atoms with Gasteiger partial charge in [-0.05, 0) is 50.9 Å². The van der Waals surface area contributed by atoms with Crippen molar-refractivity contribution in [1.29, 1.82) is 0 Å². The van der Waals surface area contributed by atoms with E-state index in [4.69, 9.17) is 4.74 Å². The minimum atomic E-state index is 0.775. The lowest BCUT2D eigenvalue weighted by Crippen LogP contribution is -2.17. The van der Waals surface area contributed by atoms with Crippen molar-refractivity contribution in [2.24, 2.45) is 0 Å².